The largest absolute Gasteiger partial charge is 0.311 e. The van der Waals surface area contributed by atoms with Gasteiger partial charge in [-0.1, -0.05) is 30.2 Å². The molecule has 0 saturated carbocycles. The van der Waals surface area contributed by atoms with Gasteiger partial charge in [-0.25, -0.2) is 0 Å². The van der Waals surface area contributed by atoms with Crippen LogP contribution < -0.4 is 5.32 Å². The number of piperidine rings is 1. The number of hydrogen-bond donors (Lipinski definition) is 1. The van der Waals surface area contributed by atoms with Crippen LogP contribution in [0.5, 0.6) is 0 Å². The summed E-state index contributed by atoms with van der Waals surface area (Å²) in [6.07, 6.45) is 6.38. The summed E-state index contributed by atoms with van der Waals surface area (Å²) in [5.74, 6) is 0. The van der Waals surface area contributed by atoms with Crippen molar-refractivity contribution in [3.8, 4) is 0 Å². The number of aryl methyl sites for hydroxylation is 1. The summed E-state index contributed by atoms with van der Waals surface area (Å²) in [6, 6.07) is 9.60. The minimum atomic E-state index is 0.693. The van der Waals surface area contributed by atoms with E-state index in [4.69, 9.17) is 11.6 Å². The molecule has 1 N–H and O–H groups in total. The minimum absolute atomic E-state index is 0.693. The van der Waals surface area contributed by atoms with Crippen LogP contribution >= 0.6 is 11.6 Å². The van der Waals surface area contributed by atoms with Gasteiger partial charge in [-0.05, 0) is 50.3 Å². The molecule has 2 rings (SSSR count). The second-order valence-corrected chi connectivity index (χ2v) is 5.30. The zero-order chi connectivity index (χ0) is 11.4. The SMILES string of the molecule is CC1CCCC(CCc2cccc(Cl)c2)N1. The zero-order valence-electron chi connectivity index (χ0n) is 9.88. The van der Waals surface area contributed by atoms with Gasteiger partial charge >= 0.3 is 0 Å². The standard InChI is InChI=1S/C14H20ClN/c1-11-4-2-7-14(16-11)9-8-12-5-3-6-13(15)10-12/h3,5-6,10-11,14,16H,2,4,7-9H2,1H3. The predicted octanol–water partition coefficient (Wildman–Crippen LogP) is 3.80. The third kappa shape index (κ3) is 3.50. The number of halogens is 1. The Morgan fingerprint density at radius 3 is 3.00 bits per heavy atom. The molecule has 0 amide bonds. The third-order valence-corrected chi connectivity index (χ3v) is 3.62. The van der Waals surface area contributed by atoms with Gasteiger partial charge in [0.1, 0.15) is 0 Å². The second kappa shape index (κ2) is 5.70. The van der Waals surface area contributed by atoms with Crippen molar-refractivity contribution < 1.29 is 0 Å². The van der Waals surface area contributed by atoms with Crippen molar-refractivity contribution in [2.75, 3.05) is 0 Å². The molecular weight excluding hydrogens is 218 g/mol. The number of rotatable bonds is 3. The van der Waals surface area contributed by atoms with E-state index in [0.717, 1.165) is 11.4 Å². The summed E-state index contributed by atoms with van der Waals surface area (Å²) < 4.78 is 0. The Labute approximate surface area is 103 Å². The Kier molecular flexibility index (Phi) is 4.25. The van der Waals surface area contributed by atoms with Gasteiger partial charge in [0.15, 0.2) is 0 Å². The highest BCUT2D eigenvalue weighted by Gasteiger charge is 2.17. The first-order valence-electron chi connectivity index (χ1n) is 6.24. The average molecular weight is 238 g/mol. The molecule has 1 aliphatic rings. The molecule has 1 nitrogen and oxygen atoms in total. The van der Waals surface area contributed by atoms with Crippen molar-refractivity contribution >= 4 is 11.6 Å². The molecule has 1 aromatic carbocycles. The number of benzene rings is 1. The predicted molar refractivity (Wildman–Crippen MR) is 70.0 cm³/mol. The molecule has 1 fully saturated rings. The minimum Gasteiger partial charge on any atom is -0.311 e. The molecule has 1 heterocycles. The molecule has 0 spiro atoms. The lowest BCUT2D eigenvalue weighted by Gasteiger charge is -2.28. The van der Waals surface area contributed by atoms with Crippen LogP contribution in [0.4, 0.5) is 0 Å². The van der Waals surface area contributed by atoms with Crippen LogP contribution in [0, 0.1) is 0 Å². The normalized spacial score (nSPS) is 25.6. The summed E-state index contributed by atoms with van der Waals surface area (Å²) >= 11 is 5.97. The van der Waals surface area contributed by atoms with Crippen LogP contribution in [0.3, 0.4) is 0 Å². The van der Waals surface area contributed by atoms with E-state index in [2.05, 4.69) is 24.4 Å². The van der Waals surface area contributed by atoms with Crippen molar-refractivity contribution in [2.24, 2.45) is 0 Å². The van der Waals surface area contributed by atoms with E-state index in [9.17, 15) is 0 Å². The lowest BCUT2D eigenvalue weighted by molar-refractivity contribution is 0.322. The second-order valence-electron chi connectivity index (χ2n) is 4.86. The number of hydrogen-bond acceptors (Lipinski definition) is 1. The molecule has 88 valence electrons. The van der Waals surface area contributed by atoms with Gasteiger partial charge in [0.25, 0.3) is 0 Å². The smallest absolute Gasteiger partial charge is 0.0408 e. The van der Waals surface area contributed by atoms with Crippen LogP contribution in [0.15, 0.2) is 24.3 Å². The maximum Gasteiger partial charge on any atom is 0.0408 e. The summed E-state index contributed by atoms with van der Waals surface area (Å²) in [7, 11) is 0. The van der Waals surface area contributed by atoms with Gasteiger partial charge in [-0.15, -0.1) is 0 Å². The number of nitrogens with one attached hydrogen (secondary N) is 1. The highest BCUT2D eigenvalue weighted by atomic mass is 35.5. The highest BCUT2D eigenvalue weighted by molar-refractivity contribution is 6.30. The fourth-order valence-electron chi connectivity index (χ4n) is 2.50. The Morgan fingerprint density at radius 2 is 2.25 bits per heavy atom. The van der Waals surface area contributed by atoms with Gasteiger partial charge < -0.3 is 5.32 Å². The molecule has 2 unspecified atom stereocenters. The van der Waals surface area contributed by atoms with E-state index in [1.807, 2.05) is 12.1 Å². The van der Waals surface area contributed by atoms with Gasteiger partial charge in [-0.2, -0.15) is 0 Å². The molecule has 2 atom stereocenters. The van der Waals surface area contributed by atoms with Gasteiger partial charge in [0.05, 0.1) is 0 Å². The van der Waals surface area contributed by atoms with E-state index in [1.165, 1.54) is 31.2 Å². The van der Waals surface area contributed by atoms with Gasteiger partial charge in [-0.3, -0.25) is 0 Å². The van der Waals surface area contributed by atoms with Crippen molar-refractivity contribution in [3.05, 3.63) is 34.9 Å². The maximum absolute atomic E-state index is 5.97. The van der Waals surface area contributed by atoms with E-state index in [1.54, 1.807) is 0 Å². The summed E-state index contributed by atoms with van der Waals surface area (Å²) in [6.45, 7) is 2.28. The Balaban J connectivity index is 1.82. The molecule has 0 aromatic heterocycles. The first kappa shape index (κ1) is 11.9. The van der Waals surface area contributed by atoms with E-state index < -0.39 is 0 Å². The van der Waals surface area contributed by atoms with E-state index >= 15 is 0 Å². The Bertz CT molecular complexity index is 337. The maximum atomic E-state index is 5.97. The molecule has 0 bridgehead atoms. The molecule has 2 heteroatoms. The van der Waals surface area contributed by atoms with Crippen LogP contribution in [0.25, 0.3) is 0 Å². The van der Waals surface area contributed by atoms with Crippen molar-refractivity contribution in [2.45, 2.75) is 51.1 Å². The van der Waals surface area contributed by atoms with Crippen LogP contribution in [-0.2, 0) is 6.42 Å². The summed E-state index contributed by atoms with van der Waals surface area (Å²) in [4.78, 5) is 0. The third-order valence-electron chi connectivity index (χ3n) is 3.38. The lowest BCUT2D eigenvalue weighted by Crippen LogP contribution is -2.40. The van der Waals surface area contributed by atoms with Gasteiger partial charge in [0, 0.05) is 17.1 Å². The summed E-state index contributed by atoms with van der Waals surface area (Å²) in [5.41, 5.74) is 1.35. The molecular formula is C14H20ClN. The first-order valence-corrected chi connectivity index (χ1v) is 6.62. The molecule has 16 heavy (non-hydrogen) atoms. The van der Waals surface area contributed by atoms with Crippen LogP contribution in [0.2, 0.25) is 5.02 Å². The van der Waals surface area contributed by atoms with Crippen molar-refractivity contribution in [1.29, 1.82) is 0 Å². The fraction of sp³-hybridized carbons (Fsp3) is 0.571. The van der Waals surface area contributed by atoms with Gasteiger partial charge in [0.2, 0.25) is 0 Å². The molecule has 1 saturated heterocycles. The Hall–Kier alpha value is -0.530. The zero-order valence-corrected chi connectivity index (χ0v) is 10.6. The molecule has 0 radical (unpaired) electrons. The summed E-state index contributed by atoms with van der Waals surface area (Å²) in [5, 5.41) is 4.52. The van der Waals surface area contributed by atoms with E-state index in [0.29, 0.717) is 12.1 Å². The highest BCUT2D eigenvalue weighted by Crippen LogP contribution is 2.18. The van der Waals surface area contributed by atoms with Crippen molar-refractivity contribution in [3.63, 3.8) is 0 Å². The molecule has 0 aliphatic carbocycles. The quantitative estimate of drug-likeness (QED) is 0.843. The average Bonchev–Trinajstić information content (AvgIpc) is 2.27. The first-order chi connectivity index (χ1) is 7.74. The topological polar surface area (TPSA) is 12.0 Å². The van der Waals surface area contributed by atoms with E-state index in [-0.39, 0.29) is 0 Å². The molecule has 1 aliphatic heterocycles. The monoisotopic (exact) mass is 237 g/mol. The van der Waals surface area contributed by atoms with Crippen molar-refractivity contribution in [1.82, 2.24) is 5.32 Å². The molecule has 1 aromatic rings. The van der Waals surface area contributed by atoms with Crippen LogP contribution in [-0.4, -0.2) is 12.1 Å². The lowest BCUT2D eigenvalue weighted by atomic mass is 9.95. The fourth-order valence-corrected chi connectivity index (χ4v) is 2.71. The Morgan fingerprint density at radius 1 is 1.38 bits per heavy atom. The van der Waals surface area contributed by atoms with Crippen LogP contribution in [0.1, 0.15) is 38.2 Å².